The van der Waals surface area contributed by atoms with E-state index >= 15 is 0 Å². The Labute approximate surface area is 103 Å². The summed E-state index contributed by atoms with van der Waals surface area (Å²) in [7, 11) is 0. The molecular weight excluding hydrogens is 237 g/mol. The van der Waals surface area contributed by atoms with Crippen LogP contribution in [-0.2, 0) is 17.8 Å². The third-order valence-electron chi connectivity index (χ3n) is 2.28. The minimum Gasteiger partial charge on any atom is -0.424 e. The molecule has 94 valence electrons. The van der Waals surface area contributed by atoms with E-state index in [1.165, 1.54) is 12.1 Å². The summed E-state index contributed by atoms with van der Waals surface area (Å²) in [6, 6.07) is 5.80. The SMILES string of the molecule is Cc1nnc(CNC(=O)Cc2ccc(F)cc2)o1. The van der Waals surface area contributed by atoms with Gasteiger partial charge in [-0.25, -0.2) is 4.39 Å². The van der Waals surface area contributed by atoms with Gasteiger partial charge in [0.05, 0.1) is 13.0 Å². The van der Waals surface area contributed by atoms with Gasteiger partial charge < -0.3 is 9.73 Å². The van der Waals surface area contributed by atoms with Gasteiger partial charge >= 0.3 is 0 Å². The number of aromatic nitrogens is 2. The number of halogens is 1. The number of nitrogens with one attached hydrogen (secondary N) is 1. The molecule has 0 unspecified atom stereocenters. The highest BCUT2D eigenvalue weighted by molar-refractivity contribution is 5.78. The van der Waals surface area contributed by atoms with Crippen LogP contribution in [-0.4, -0.2) is 16.1 Å². The van der Waals surface area contributed by atoms with Gasteiger partial charge in [0, 0.05) is 6.92 Å². The smallest absolute Gasteiger partial charge is 0.235 e. The Balaban J connectivity index is 1.83. The Morgan fingerprint density at radius 2 is 2.06 bits per heavy atom. The molecule has 18 heavy (non-hydrogen) atoms. The fourth-order valence-corrected chi connectivity index (χ4v) is 1.43. The highest BCUT2D eigenvalue weighted by atomic mass is 19.1. The molecule has 1 aromatic heterocycles. The number of hydrogen-bond acceptors (Lipinski definition) is 4. The monoisotopic (exact) mass is 249 g/mol. The van der Waals surface area contributed by atoms with Crippen LogP contribution in [0.5, 0.6) is 0 Å². The molecule has 0 saturated heterocycles. The largest absolute Gasteiger partial charge is 0.424 e. The molecule has 5 nitrogen and oxygen atoms in total. The highest BCUT2D eigenvalue weighted by Gasteiger charge is 2.06. The van der Waals surface area contributed by atoms with Crippen LogP contribution in [0.1, 0.15) is 17.3 Å². The minimum absolute atomic E-state index is 0.183. The Morgan fingerprint density at radius 3 is 2.67 bits per heavy atom. The van der Waals surface area contributed by atoms with Crippen molar-refractivity contribution in [1.82, 2.24) is 15.5 Å². The maximum atomic E-state index is 12.7. The van der Waals surface area contributed by atoms with Crippen LogP contribution in [0, 0.1) is 12.7 Å². The summed E-state index contributed by atoms with van der Waals surface area (Å²) in [4.78, 5) is 11.6. The van der Waals surface area contributed by atoms with Crippen LogP contribution in [0.3, 0.4) is 0 Å². The number of benzene rings is 1. The average molecular weight is 249 g/mol. The van der Waals surface area contributed by atoms with Crippen LogP contribution >= 0.6 is 0 Å². The second kappa shape index (κ2) is 5.39. The standard InChI is InChI=1S/C12H12FN3O2/c1-8-15-16-12(18-8)7-14-11(17)6-9-2-4-10(13)5-3-9/h2-5H,6-7H2,1H3,(H,14,17). The average Bonchev–Trinajstić information content (AvgIpc) is 2.76. The maximum absolute atomic E-state index is 12.7. The fraction of sp³-hybridized carbons (Fsp3) is 0.250. The fourth-order valence-electron chi connectivity index (χ4n) is 1.43. The van der Waals surface area contributed by atoms with Gasteiger partial charge in [-0.05, 0) is 17.7 Å². The number of carbonyl (C=O) groups excluding carboxylic acids is 1. The summed E-state index contributed by atoms with van der Waals surface area (Å²) in [6.07, 6.45) is 0.188. The second-order valence-electron chi connectivity index (χ2n) is 3.79. The lowest BCUT2D eigenvalue weighted by molar-refractivity contribution is -0.120. The Kier molecular flexibility index (Phi) is 3.66. The molecule has 1 amide bonds. The lowest BCUT2D eigenvalue weighted by atomic mass is 10.1. The Morgan fingerprint density at radius 1 is 1.33 bits per heavy atom. The minimum atomic E-state index is -0.319. The van der Waals surface area contributed by atoms with E-state index in [1.54, 1.807) is 19.1 Å². The lowest BCUT2D eigenvalue weighted by Crippen LogP contribution is -2.24. The van der Waals surface area contributed by atoms with Crippen molar-refractivity contribution in [2.24, 2.45) is 0 Å². The molecule has 1 heterocycles. The zero-order valence-corrected chi connectivity index (χ0v) is 9.81. The molecule has 0 fully saturated rings. The number of amides is 1. The number of carbonyl (C=O) groups is 1. The van der Waals surface area contributed by atoms with E-state index in [4.69, 9.17) is 4.42 Å². The summed E-state index contributed by atoms with van der Waals surface area (Å²) in [5.41, 5.74) is 0.746. The van der Waals surface area contributed by atoms with Gasteiger partial charge in [0.15, 0.2) is 0 Å². The molecule has 0 aliphatic heterocycles. The molecule has 2 aromatic rings. The van der Waals surface area contributed by atoms with Crippen molar-refractivity contribution in [2.45, 2.75) is 19.9 Å². The molecule has 2 rings (SSSR count). The topological polar surface area (TPSA) is 68.0 Å². The van der Waals surface area contributed by atoms with Gasteiger partial charge in [-0.2, -0.15) is 0 Å². The van der Waals surface area contributed by atoms with Crippen molar-refractivity contribution < 1.29 is 13.6 Å². The van der Waals surface area contributed by atoms with E-state index < -0.39 is 0 Å². The molecule has 1 N–H and O–H groups in total. The molecule has 0 aliphatic rings. The van der Waals surface area contributed by atoms with Gasteiger partial charge in [0.1, 0.15) is 5.82 Å². The molecule has 6 heteroatoms. The number of nitrogens with zero attached hydrogens (tertiary/aromatic N) is 2. The van der Waals surface area contributed by atoms with E-state index in [-0.39, 0.29) is 24.7 Å². The van der Waals surface area contributed by atoms with Gasteiger partial charge in [0.2, 0.25) is 17.7 Å². The number of rotatable bonds is 4. The zero-order valence-electron chi connectivity index (χ0n) is 9.81. The molecule has 0 bridgehead atoms. The first-order valence-electron chi connectivity index (χ1n) is 5.43. The molecule has 0 radical (unpaired) electrons. The van der Waals surface area contributed by atoms with Crippen LogP contribution in [0.4, 0.5) is 4.39 Å². The number of aryl methyl sites for hydroxylation is 1. The van der Waals surface area contributed by atoms with Gasteiger partial charge in [-0.3, -0.25) is 4.79 Å². The van der Waals surface area contributed by atoms with Crippen LogP contribution in [0.25, 0.3) is 0 Å². The van der Waals surface area contributed by atoms with Crippen molar-refractivity contribution in [3.63, 3.8) is 0 Å². The van der Waals surface area contributed by atoms with Crippen molar-refractivity contribution in [2.75, 3.05) is 0 Å². The first kappa shape index (κ1) is 12.2. The summed E-state index contributed by atoms with van der Waals surface area (Å²) in [5, 5.41) is 10.1. The van der Waals surface area contributed by atoms with Crippen molar-refractivity contribution in [1.29, 1.82) is 0 Å². The Bertz CT molecular complexity index is 537. The van der Waals surface area contributed by atoms with Crippen molar-refractivity contribution >= 4 is 5.91 Å². The molecule has 0 atom stereocenters. The maximum Gasteiger partial charge on any atom is 0.235 e. The molecule has 0 spiro atoms. The van der Waals surface area contributed by atoms with E-state index in [9.17, 15) is 9.18 Å². The van der Waals surface area contributed by atoms with Crippen molar-refractivity contribution in [3.05, 3.63) is 47.4 Å². The highest BCUT2D eigenvalue weighted by Crippen LogP contribution is 2.03. The van der Waals surface area contributed by atoms with Crippen LogP contribution in [0.2, 0.25) is 0 Å². The lowest BCUT2D eigenvalue weighted by Gasteiger charge is -2.02. The van der Waals surface area contributed by atoms with Crippen LogP contribution < -0.4 is 5.32 Å². The summed E-state index contributed by atoms with van der Waals surface area (Å²) < 4.78 is 17.8. The number of hydrogen-bond donors (Lipinski definition) is 1. The van der Waals surface area contributed by atoms with Gasteiger partial charge in [0.25, 0.3) is 0 Å². The summed E-state index contributed by atoms with van der Waals surface area (Å²) in [6.45, 7) is 1.87. The Hall–Kier alpha value is -2.24. The third kappa shape index (κ3) is 3.38. The predicted molar refractivity (Wildman–Crippen MR) is 61.0 cm³/mol. The van der Waals surface area contributed by atoms with Crippen molar-refractivity contribution in [3.8, 4) is 0 Å². The van der Waals surface area contributed by atoms with E-state index in [2.05, 4.69) is 15.5 Å². The van der Waals surface area contributed by atoms with E-state index in [1.807, 2.05) is 0 Å². The molecule has 0 saturated carbocycles. The molecule has 1 aromatic carbocycles. The van der Waals surface area contributed by atoms with Gasteiger partial charge in [-0.15, -0.1) is 10.2 Å². The van der Waals surface area contributed by atoms with E-state index in [0.717, 1.165) is 5.56 Å². The quantitative estimate of drug-likeness (QED) is 0.888. The molecule has 0 aliphatic carbocycles. The third-order valence-corrected chi connectivity index (χ3v) is 2.28. The van der Waals surface area contributed by atoms with E-state index in [0.29, 0.717) is 11.8 Å². The molecular formula is C12H12FN3O2. The summed E-state index contributed by atoms with van der Waals surface area (Å²) >= 11 is 0. The summed E-state index contributed by atoms with van der Waals surface area (Å²) in [5.74, 6) is 0.315. The second-order valence-corrected chi connectivity index (χ2v) is 3.79. The van der Waals surface area contributed by atoms with Crippen LogP contribution in [0.15, 0.2) is 28.7 Å². The predicted octanol–water partition coefficient (Wildman–Crippen LogP) is 1.38. The first-order valence-corrected chi connectivity index (χ1v) is 5.43. The normalized spacial score (nSPS) is 10.3. The zero-order chi connectivity index (χ0) is 13.0. The van der Waals surface area contributed by atoms with Gasteiger partial charge in [-0.1, -0.05) is 12.1 Å². The first-order chi connectivity index (χ1) is 8.63.